The Morgan fingerprint density at radius 2 is 1.48 bits per heavy atom. The number of aliphatic imine (C=N–C) groups is 1. The molecule has 0 bridgehead atoms. The standard InChI is InChI=1S/C22H40N2O/c1-2-3-4-5-6-7-8-9-10-11-12-13-14-15-16-17-22-23-18-19-24(22)20-21-25/h9-10,16-17,25H,2-8,11-15,18-21H2,1H3. The molecule has 3 heteroatoms. The van der Waals surface area contributed by atoms with Gasteiger partial charge in [-0.3, -0.25) is 4.99 Å². The smallest absolute Gasteiger partial charge is 0.123 e. The number of nitrogens with zero attached hydrogens (tertiary/aromatic N) is 2. The molecule has 1 N–H and O–H groups in total. The fourth-order valence-electron chi connectivity index (χ4n) is 3.17. The lowest BCUT2D eigenvalue weighted by atomic mass is 10.1. The van der Waals surface area contributed by atoms with Gasteiger partial charge in [-0.05, 0) is 44.6 Å². The maximum absolute atomic E-state index is 9.02. The molecule has 0 radical (unpaired) electrons. The van der Waals surface area contributed by atoms with Gasteiger partial charge in [0.05, 0.1) is 13.2 Å². The van der Waals surface area contributed by atoms with Gasteiger partial charge in [0.2, 0.25) is 0 Å². The highest BCUT2D eigenvalue weighted by molar-refractivity contribution is 5.94. The quantitative estimate of drug-likeness (QED) is 0.295. The Morgan fingerprint density at radius 3 is 2.16 bits per heavy atom. The molecule has 0 spiro atoms. The van der Waals surface area contributed by atoms with Crippen LogP contribution in [0.15, 0.2) is 29.3 Å². The van der Waals surface area contributed by atoms with Gasteiger partial charge in [0.25, 0.3) is 0 Å². The largest absolute Gasteiger partial charge is 0.395 e. The van der Waals surface area contributed by atoms with Crippen molar-refractivity contribution < 1.29 is 5.11 Å². The van der Waals surface area contributed by atoms with E-state index in [-0.39, 0.29) is 6.61 Å². The maximum Gasteiger partial charge on any atom is 0.123 e. The molecular weight excluding hydrogens is 308 g/mol. The molecule has 0 aromatic rings. The second kappa shape index (κ2) is 16.4. The van der Waals surface area contributed by atoms with Crippen LogP contribution in [0.25, 0.3) is 0 Å². The lowest BCUT2D eigenvalue weighted by molar-refractivity contribution is 0.257. The Hall–Kier alpha value is -1.09. The molecule has 0 saturated carbocycles. The number of aliphatic hydroxyl groups excluding tert-OH is 1. The fourth-order valence-corrected chi connectivity index (χ4v) is 3.17. The van der Waals surface area contributed by atoms with E-state index in [0.717, 1.165) is 25.3 Å². The Labute approximate surface area is 155 Å². The number of unbranched alkanes of at least 4 members (excludes halogenated alkanes) is 10. The van der Waals surface area contributed by atoms with Gasteiger partial charge in [-0.1, -0.05) is 63.7 Å². The molecule has 3 nitrogen and oxygen atoms in total. The maximum atomic E-state index is 9.02. The molecule has 0 fully saturated rings. The summed E-state index contributed by atoms with van der Waals surface area (Å²) in [5.74, 6) is 1.05. The zero-order valence-corrected chi connectivity index (χ0v) is 16.5. The summed E-state index contributed by atoms with van der Waals surface area (Å²) in [7, 11) is 0. The fraction of sp³-hybridized carbons (Fsp3) is 0.773. The van der Waals surface area contributed by atoms with Crippen molar-refractivity contribution in [2.24, 2.45) is 4.99 Å². The lowest BCUT2D eigenvalue weighted by Gasteiger charge is -2.16. The third kappa shape index (κ3) is 12.0. The van der Waals surface area contributed by atoms with Gasteiger partial charge in [0.1, 0.15) is 5.84 Å². The Morgan fingerprint density at radius 1 is 0.880 bits per heavy atom. The van der Waals surface area contributed by atoms with E-state index in [2.05, 4.69) is 41.1 Å². The summed E-state index contributed by atoms with van der Waals surface area (Å²) in [4.78, 5) is 6.63. The van der Waals surface area contributed by atoms with Crippen LogP contribution >= 0.6 is 0 Å². The minimum Gasteiger partial charge on any atom is -0.395 e. The van der Waals surface area contributed by atoms with Crippen molar-refractivity contribution in [1.29, 1.82) is 0 Å². The predicted molar refractivity (Wildman–Crippen MR) is 110 cm³/mol. The Kier molecular flexibility index (Phi) is 14.4. The summed E-state index contributed by atoms with van der Waals surface area (Å²) in [6.45, 7) is 5.00. The number of β-amino-alcohol motifs (C(OH)–C–C–N with tert-alkyl or cyclic N) is 1. The highest BCUT2D eigenvalue weighted by Crippen LogP contribution is 2.09. The van der Waals surface area contributed by atoms with Gasteiger partial charge in [-0.2, -0.15) is 0 Å². The predicted octanol–water partition coefficient (Wildman–Crippen LogP) is 5.51. The first-order valence-corrected chi connectivity index (χ1v) is 10.6. The van der Waals surface area contributed by atoms with Crippen molar-refractivity contribution >= 4 is 5.84 Å². The van der Waals surface area contributed by atoms with Crippen molar-refractivity contribution in [2.45, 2.75) is 84.0 Å². The van der Waals surface area contributed by atoms with Crippen LogP contribution in [0.4, 0.5) is 0 Å². The first-order valence-electron chi connectivity index (χ1n) is 10.6. The van der Waals surface area contributed by atoms with Crippen LogP contribution < -0.4 is 0 Å². The Balaban J connectivity index is 1.88. The lowest BCUT2D eigenvalue weighted by Crippen LogP contribution is -2.29. The van der Waals surface area contributed by atoms with Crippen LogP contribution in [0, 0.1) is 0 Å². The molecular formula is C22H40N2O. The van der Waals surface area contributed by atoms with Gasteiger partial charge in [-0.15, -0.1) is 0 Å². The van der Waals surface area contributed by atoms with Crippen molar-refractivity contribution in [3.05, 3.63) is 24.3 Å². The molecule has 144 valence electrons. The van der Waals surface area contributed by atoms with E-state index in [1.807, 2.05) is 0 Å². The molecule has 0 aliphatic carbocycles. The number of amidine groups is 1. The van der Waals surface area contributed by atoms with Crippen LogP contribution in [0.2, 0.25) is 0 Å². The van der Waals surface area contributed by atoms with E-state index in [1.54, 1.807) is 0 Å². The van der Waals surface area contributed by atoms with Gasteiger partial charge in [0.15, 0.2) is 0 Å². The van der Waals surface area contributed by atoms with Crippen molar-refractivity contribution in [3.63, 3.8) is 0 Å². The van der Waals surface area contributed by atoms with Crippen LogP contribution in [0.3, 0.4) is 0 Å². The van der Waals surface area contributed by atoms with E-state index < -0.39 is 0 Å². The molecule has 0 unspecified atom stereocenters. The summed E-state index contributed by atoms with van der Waals surface area (Å²) in [6, 6.07) is 0. The molecule has 1 heterocycles. The van der Waals surface area contributed by atoms with E-state index in [4.69, 9.17) is 5.11 Å². The summed E-state index contributed by atoms with van der Waals surface area (Å²) in [5, 5.41) is 9.02. The minimum atomic E-state index is 0.208. The van der Waals surface area contributed by atoms with Crippen molar-refractivity contribution in [3.8, 4) is 0 Å². The van der Waals surface area contributed by atoms with Crippen molar-refractivity contribution in [2.75, 3.05) is 26.2 Å². The number of hydrogen-bond acceptors (Lipinski definition) is 3. The van der Waals surface area contributed by atoms with Crippen LogP contribution in [0.1, 0.15) is 84.0 Å². The van der Waals surface area contributed by atoms with Crippen LogP contribution in [-0.4, -0.2) is 42.1 Å². The molecule has 0 saturated heterocycles. The number of rotatable bonds is 16. The average molecular weight is 349 g/mol. The molecule has 25 heavy (non-hydrogen) atoms. The minimum absolute atomic E-state index is 0.208. The average Bonchev–Trinajstić information content (AvgIpc) is 3.06. The third-order valence-corrected chi connectivity index (χ3v) is 4.74. The second-order valence-electron chi connectivity index (χ2n) is 7.02. The zero-order chi connectivity index (χ0) is 18.0. The molecule has 0 atom stereocenters. The number of hydrogen-bond donors (Lipinski definition) is 1. The SMILES string of the molecule is CCCCCCCCC=CCCCCCC=CC1=NCCN1CCO. The van der Waals surface area contributed by atoms with Crippen LogP contribution in [-0.2, 0) is 0 Å². The van der Waals surface area contributed by atoms with E-state index in [1.165, 1.54) is 70.6 Å². The summed E-state index contributed by atoms with van der Waals surface area (Å²) in [5.41, 5.74) is 0. The van der Waals surface area contributed by atoms with Gasteiger partial charge in [0, 0.05) is 13.1 Å². The number of allylic oxidation sites excluding steroid dienone is 3. The monoisotopic (exact) mass is 348 g/mol. The second-order valence-corrected chi connectivity index (χ2v) is 7.02. The number of aliphatic hydroxyl groups is 1. The molecule has 0 aromatic heterocycles. The van der Waals surface area contributed by atoms with Gasteiger partial charge < -0.3 is 10.0 Å². The van der Waals surface area contributed by atoms with E-state index in [9.17, 15) is 0 Å². The highest BCUT2D eigenvalue weighted by Gasteiger charge is 2.12. The van der Waals surface area contributed by atoms with E-state index in [0.29, 0.717) is 6.54 Å². The summed E-state index contributed by atoms with van der Waals surface area (Å²) < 4.78 is 0. The molecule has 1 rings (SSSR count). The molecule has 1 aliphatic heterocycles. The van der Waals surface area contributed by atoms with E-state index >= 15 is 0 Å². The topological polar surface area (TPSA) is 35.8 Å². The summed E-state index contributed by atoms with van der Waals surface area (Å²) in [6.07, 6.45) is 25.0. The highest BCUT2D eigenvalue weighted by atomic mass is 16.3. The van der Waals surface area contributed by atoms with Gasteiger partial charge >= 0.3 is 0 Å². The summed E-state index contributed by atoms with van der Waals surface area (Å²) >= 11 is 0. The first-order chi connectivity index (χ1) is 12.4. The molecule has 0 aromatic carbocycles. The first kappa shape index (κ1) is 22.0. The van der Waals surface area contributed by atoms with Gasteiger partial charge in [-0.25, -0.2) is 0 Å². The van der Waals surface area contributed by atoms with Crippen LogP contribution in [0.5, 0.6) is 0 Å². The molecule has 1 aliphatic rings. The third-order valence-electron chi connectivity index (χ3n) is 4.74. The van der Waals surface area contributed by atoms with Crippen molar-refractivity contribution in [1.82, 2.24) is 4.90 Å². The zero-order valence-electron chi connectivity index (χ0n) is 16.5. The Bertz CT molecular complexity index is 387. The molecule has 0 amide bonds. The normalized spacial score (nSPS) is 15.0.